The predicted molar refractivity (Wildman–Crippen MR) is 82.0 cm³/mol. The fraction of sp³-hybridized carbons (Fsp3) is 0.312. The van der Waals surface area contributed by atoms with Crippen molar-refractivity contribution in [3.63, 3.8) is 0 Å². The number of aromatic nitrogens is 2. The molecule has 104 valence electrons. The van der Waals surface area contributed by atoms with Crippen molar-refractivity contribution >= 4 is 8.05 Å². The number of hydrogen-bond acceptors (Lipinski definition) is 4. The molecule has 0 unspecified atom stereocenters. The van der Waals surface area contributed by atoms with Gasteiger partial charge in [0.1, 0.15) is 6.07 Å². The monoisotopic (exact) mass is 277 g/mol. The van der Waals surface area contributed by atoms with Crippen molar-refractivity contribution < 1.29 is 4.65 Å². The average Bonchev–Trinajstić information content (AvgIpc) is 2.45. The van der Waals surface area contributed by atoms with E-state index in [-0.39, 0.29) is 11.3 Å². The first kappa shape index (κ1) is 15.1. The van der Waals surface area contributed by atoms with Gasteiger partial charge < -0.3 is 4.65 Å². The van der Waals surface area contributed by atoms with Crippen molar-refractivity contribution in [2.75, 3.05) is 0 Å². The molecule has 0 aliphatic heterocycles. The van der Waals surface area contributed by atoms with E-state index < -0.39 is 0 Å². The van der Waals surface area contributed by atoms with E-state index >= 15 is 0 Å². The quantitative estimate of drug-likeness (QED) is 0.791. The SMILES string of the molecule is [B]Oc1ncccc1-c1nc(C(C)(C)C)cc(C)c1C#N. The molecule has 0 bridgehead atoms. The highest BCUT2D eigenvalue weighted by Crippen LogP contribution is 2.33. The number of aryl methyl sites for hydroxylation is 1. The Morgan fingerprint density at radius 1 is 1.33 bits per heavy atom. The minimum atomic E-state index is -0.126. The Hall–Kier alpha value is -2.35. The number of nitriles is 1. The smallest absolute Gasteiger partial charge is 0.376 e. The molecule has 0 aromatic carbocycles. The van der Waals surface area contributed by atoms with Crippen LogP contribution in [0.5, 0.6) is 5.88 Å². The summed E-state index contributed by atoms with van der Waals surface area (Å²) in [6.07, 6.45) is 1.58. The lowest BCUT2D eigenvalue weighted by atomic mass is 9.89. The van der Waals surface area contributed by atoms with Crippen LogP contribution in [0.15, 0.2) is 24.4 Å². The van der Waals surface area contributed by atoms with E-state index in [0.717, 1.165) is 11.3 Å². The molecular formula is C16H16BN3O. The van der Waals surface area contributed by atoms with Gasteiger partial charge in [0.15, 0.2) is 0 Å². The zero-order valence-corrected chi connectivity index (χ0v) is 12.6. The van der Waals surface area contributed by atoms with Gasteiger partial charge in [0.2, 0.25) is 5.88 Å². The first-order chi connectivity index (χ1) is 9.88. The summed E-state index contributed by atoms with van der Waals surface area (Å²) in [4.78, 5) is 8.73. The number of rotatable bonds is 2. The van der Waals surface area contributed by atoms with Crippen LogP contribution < -0.4 is 4.65 Å². The molecule has 0 saturated heterocycles. The molecule has 2 rings (SSSR count). The van der Waals surface area contributed by atoms with Crippen LogP contribution in [0.25, 0.3) is 11.3 Å². The van der Waals surface area contributed by atoms with E-state index in [1.165, 1.54) is 0 Å². The zero-order valence-electron chi connectivity index (χ0n) is 12.6. The Kier molecular flexibility index (Phi) is 3.99. The van der Waals surface area contributed by atoms with E-state index in [9.17, 15) is 5.26 Å². The maximum atomic E-state index is 9.44. The highest BCUT2D eigenvalue weighted by Gasteiger charge is 2.21. The molecular weight excluding hydrogens is 261 g/mol. The second kappa shape index (κ2) is 5.57. The standard InChI is InChI=1S/C16H16BN3O/c1-10-8-13(16(2,3)4)20-14(12(10)9-18)11-6-5-7-19-15(11)21-17/h5-8H,1-4H3. The molecule has 0 fully saturated rings. The lowest BCUT2D eigenvalue weighted by Gasteiger charge is -2.20. The van der Waals surface area contributed by atoms with Crippen LogP contribution in [0.3, 0.4) is 0 Å². The van der Waals surface area contributed by atoms with Crippen LogP contribution in [0, 0.1) is 18.3 Å². The molecule has 0 amide bonds. The molecule has 0 spiro atoms. The van der Waals surface area contributed by atoms with Gasteiger partial charge in [0.25, 0.3) is 0 Å². The largest absolute Gasteiger partial charge is 0.554 e. The van der Waals surface area contributed by atoms with Crippen molar-refractivity contribution in [2.24, 2.45) is 0 Å². The predicted octanol–water partition coefficient (Wildman–Crippen LogP) is 3.08. The van der Waals surface area contributed by atoms with Gasteiger partial charge in [-0.2, -0.15) is 5.26 Å². The summed E-state index contributed by atoms with van der Waals surface area (Å²) < 4.78 is 4.80. The first-order valence-electron chi connectivity index (χ1n) is 6.63. The number of hydrogen-bond donors (Lipinski definition) is 0. The topological polar surface area (TPSA) is 58.8 Å². The summed E-state index contributed by atoms with van der Waals surface area (Å²) in [6.45, 7) is 8.13. The third kappa shape index (κ3) is 2.90. The minimum Gasteiger partial charge on any atom is -0.554 e. The third-order valence-electron chi connectivity index (χ3n) is 3.23. The van der Waals surface area contributed by atoms with Crippen LogP contribution in [0.2, 0.25) is 0 Å². The van der Waals surface area contributed by atoms with Crippen LogP contribution in [-0.4, -0.2) is 18.0 Å². The van der Waals surface area contributed by atoms with Gasteiger partial charge in [-0.25, -0.2) is 4.98 Å². The fourth-order valence-corrected chi connectivity index (χ4v) is 2.06. The van der Waals surface area contributed by atoms with Gasteiger partial charge in [0, 0.05) is 17.3 Å². The second-order valence-corrected chi connectivity index (χ2v) is 5.88. The molecule has 0 N–H and O–H groups in total. The first-order valence-corrected chi connectivity index (χ1v) is 6.63. The van der Waals surface area contributed by atoms with E-state index in [1.54, 1.807) is 18.3 Å². The summed E-state index contributed by atoms with van der Waals surface area (Å²) in [6, 6.07) is 7.71. The summed E-state index contributed by atoms with van der Waals surface area (Å²) in [5, 5.41) is 9.44. The molecule has 2 aromatic rings. The van der Waals surface area contributed by atoms with E-state index in [0.29, 0.717) is 16.8 Å². The van der Waals surface area contributed by atoms with Gasteiger partial charge in [-0.05, 0) is 30.7 Å². The van der Waals surface area contributed by atoms with Crippen molar-refractivity contribution in [3.8, 4) is 23.2 Å². The van der Waals surface area contributed by atoms with Gasteiger partial charge in [-0.1, -0.05) is 20.8 Å². The Labute approximate surface area is 126 Å². The second-order valence-electron chi connectivity index (χ2n) is 5.88. The van der Waals surface area contributed by atoms with Crippen molar-refractivity contribution in [2.45, 2.75) is 33.1 Å². The van der Waals surface area contributed by atoms with Gasteiger partial charge in [0.05, 0.1) is 16.8 Å². The fourth-order valence-electron chi connectivity index (χ4n) is 2.06. The van der Waals surface area contributed by atoms with Crippen molar-refractivity contribution in [3.05, 3.63) is 41.2 Å². The average molecular weight is 277 g/mol. The molecule has 5 heteroatoms. The number of pyridine rings is 2. The molecule has 21 heavy (non-hydrogen) atoms. The highest BCUT2D eigenvalue weighted by atomic mass is 16.4. The van der Waals surface area contributed by atoms with Crippen LogP contribution in [0.1, 0.15) is 37.6 Å². The van der Waals surface area contributed by atoms with Crippen LogP contribution in [-0.2, 0) is 5.41 Å². The van der Waals surface area contributed by atoms with Gasteiger partial charge >= 0.3 is 8.05 Å². The molecule has 2 radical (unpaired) electrons. The van der Waals surface area contributed by atoms with E-state index in [1.807, 2.05) is 13.0 Å². The molecule has 0 aliphatic rings. The Morgan fingerprint density at radius 2 is 2.05 bits per heavy atom. The van der Waals surface area contributed by atoms with Crippen molar-refractivity contribution in [1.29, 1.82) is 5.26 Å². The summed E-state index contributed by atoms with van der Waals surface area (Å²) in [5.74, 6) is 0.256. The Bertz CT molecular complexity index is 714. The van der Waals surface area contributed by atoms with Gasteiger partial charge in [-0.3, -0.25) is 4.98 Å². The van der Waals surface area contributed by atoms with E-state index in [2.05, 4.69) is 36.8 Å². The lowest BCUT2D eigenvalue weighted by Crippen LogP contribution is -2.15. The highest BCUT2D eigenvalue weighted by molar-refractivity contribution is 6.00. The van der Waals surface area contributed by atoms with Crippen LogP contribution in [0.4, 0.5) is 0 Å². The molecule has 0 aliphatic carbocycles. The number of nitrogens with zero attached hydrogens (tertiary/aromatic N) is 3. The maximum absolute atomic E-state index is 9.44. The van der Waals surface area contributed by atoms with Gasteiger partial charge in [-0.15, -0.1) is 0 Å². The maximum Gasteiger partial charge on any atom is 0.376 e. The zero-order chi connectivity index (χ0) is 15.6. The normalized spacial score (nSPS) is 11.0. The molecule has 0 atom stereocenters. The lowest BCUT2D eigenvalue weighted by molar-refractivity contribution is 0.567. The summed E-state index contributed by atoms with van der Waals surface area (Å²) >= 11 is 0. The summed E-state index contributed by atoms with van der Waals surface area (Å²) in [5.41, 5.74) is 3.33. The third-order valence-corrected chi connectivity index (χ3v) is 3.23. The molecule has 0 saturated carbocycles. The molecule has 2 heterocycles. The van der Waals surface area contributed by atoms with Crippen LogP contribution >= 0.6 is 0 Å². The van der Waals surface area contributed by atoms with E-state index in [4.69, 9.17) is 12.7 Å². The minimum absolute atomic E-state index is 0.126. The Balaban J connectivity index is 2.78. The summed E-state index contributed by atoms with van der Waals surface area (Å²) in [7, 11) is 5.27. The molecule has 4 nitrogen and oxygen atoms in total. The molecule has 2 aromatic heterocycles. The Morgan fingerprint density at radius 3 is 2.62 bits per heavy atom. The van der Waals surface area contributed by atoms with Crippen molar-refractivity contribution in [1.82, 2.24) is 9.97 Å².